The van der Waals surface area contributed by atoms with Crippen molar-refractivity contribution in [3.05, 3.63) is 0 Å². The van der Waals surface area contributed by atoms with Gasteiger partial charge in [-0.15, -0.1) is 0 Å². The standard InChI is InChI=1S/C14H25F3N2O2/c1-2-3-4-11-7-12(18-10-14(15,16)17)9-19(8-11)6-5-13(20)21/h11-12,18H,2-10H2,1H3,(H,20,21). The first kappa shape index (κ1) is 18.2. The molecule has 21 heavy (non-hydrogen) atoms. The van der Waals surface area contributed by atoms with E-state index < -0.39 is 18.7 Å². The summed E-state index contributed by atoms with van der Waals surface area (Å²) in [5.74, 6) is -0.524. The first-order valence-corrected chi connectivity index (χ1v) is 7.54. The number of piperidine rings is 1. The molecule has 0 aliphatic carbocycles. The van der Waals surface area contributed by atoms with Gasteiger partial charge in [0.15, 0.2) is 0 Å². The molecular formula is C14H25F3N2O2. The number of unbranched alkanes of at least 4 members (excludes halogenated alkanes) is 1. The number of carboxylic acids is 1. The van der Waals surface area contributed by atoms with Gasteiger partial charge in [0.2, 0.25) is 0 Å². The summed E-state index contributed by atoms with van der Waals surface area (Å²) < 4.78 is 36.9. The molecule has 0 spiro atoms. The number of carbonyl (C=O) groups is 1. The summed E-state index contributed by atoms with van der Waals surface area (Å²) in [5, 5.41) is 11.3. The molecule has 1 aliphatic rings. The van der Waals surface area contributed by atoms with Crippen molar-refractivity contribution < 1.29 is 23.1 Å². The van der Waals surface area contributed by atoms with Crippen molar-refractivity contribution in [2.75, 3.05) is 26.2 Å². The van der Waals surface area contributed by atoms with Gasteiger partial charge >= 0.3 is 12.1 Å². The quantitative estimate of drug-likeness (QED) is 0.723. The Hall–Kier alpha value is -0.820. The molecule has 1 fully saturated rings. The van der Waals surface area contributed by atoms with E-state index in [4.69, 9.17) is 5.11 Å². The van der Waals surface area contributed by atoms with E-state index in [2.05, 4.69) is 12.2 Å². The molecule has 2 N–H and O–H groups in total. The van der Waals surface area contributed by atoms with E-state index in [1.54, 1.807) is 0 Å². The lowest BCUT2D eigenvalue weighted by molar-refractivity contribution is -0.137. The number of hydrogen-bond acceptors (Lipinski definition) is 3. The van der Waals surface area contributed by atoms with Gasteiger partial charge < -0.3 is 15.3 Å². The zero-order valence-electron chi connectivity index (χ0n) is 12.5. The highest BCUT2D eigenvalue weighted by Gasteiger charge is 2.31. The second-order valence-electron chi connectivity index (χ2n) is 5.84. The summed E-state index contributed by atoms with van der Waals surface area (Å²) in [6.07, 6.45) is -0.325. The van der Waals surface area contributed by atoms with E-state index in [1.165, 1.54) is 0 Å². The monoisotopic (exact) mass is 310 g/mol. The smallest absolute Gasteiger partial charge is 0.401 e. The number of alkyl halides is 3. The lowest BCUT2D eigenvalue weighted by Crippen LogP contribution is -2.51. The van der Waals surface area contributed by atoms with E-state index in [9.17, 15) is 18.0 Å². The van der Waals surface area contributed by atoms with Crippen molar-refractivity contribution in [2.24, 2.45) is 5.92 Å². The largest absolute Gasteiger partial charge is 0.481 e. The van der Waals surface area contributed by atoms with Crippen molar-refractivity contribution in [3.63, 3.8) is 0 Å². The van der Waals surface area contributed by atoms with Gasteiger partial charge in [-0.3, -0.25) is 4.79 Å². The van der Waals surface area contributed by atoms with Gasteiger partial charge in [-0.05, 0) is 18.8 Å². The second-order valence-corrected chi connectivity index (χ2v) is 5.84. The summed E-state index contributed by atoms with van der Waals surface area (Å²) in [5.41, 5.74) is 0. The third-order valence-corrected chi connectivity index (χ3v) is 3.81. The van der Waals surface area contributed by atoms with Crippen LogP contribution in [-0.4, -0.2) is 54.4 Å². The van der Waals surface area contributed by atoms with Crippen molar-refractivity contribution in [2.45, 2.75) is 51.2 Å². The zero-order chi connectivity index (χ0) is 15.9. The highest BCUT2D eigenvalue weighted by molar-refractivity contribution is 5.66. The van der Waals surface area contributed by atoms with Crippen LogP contribution >= 0.6 is 0 Å². The molecule has 0 aromatic carbocycles. The van der Waals surface area contributed by atoms with Crippen LogP contribution in [0, 0.1) is 5.92 Å². The Morgan fingerprint density at radius 2 is 2.10 bits per heavy atom. The number of likely N-dealkylation sites (tertiary alicyclic amines) is 1. The first-order valence-electron chi connectivity index (χ1n) is 7.54. The number of hydrogen-bond donors (Lipinski definition) is 2. The third-order valence-electron chi connectivity index (χ3n) is 3.81. The minimum Gasteiger partial charge on any atom is -0.481 e. The van der Waals surface area contributed by atoms with Gasteiger partial charge in [0.25, 0.3) is 0 Å². The third kappa shape index (κ3) is 8.26. The van der Waals surface area contributed by atoms with Crippen LogP contribution in [-0.2, 0) is 4.79 Å². The number of carboxylic acid groups (broad SMARTS) is 1. The zero-order valence-corrected chi connectivity index (χ0v) is 12.5. The van der Waals surface area contributed by atoms with Gasteiger partial charge in [0.05, 0.1) is 13.0 Å². The Kier molecular flexibility index (Phi) is 7.45. The van der Waals surface area contributed by atoms with Crippen LogP contribution < -0.4 is 5.32 Å². The Balaban J connectivity index is 2.50. The number of aliphatic carboxylic acids is 1. The fourth-order valence-corrected chi connectivity index (χ4v) is 2.85. The Morgan fingerprint density at radius 1 is 1.38 bits per heavy atom. The number of rotatable bonds is 8. The van der Waals surface area contributed by atoms with Crippen LogP contribution in [0.5, 0.6) is 0 Å². The Labute approximate surface area is 123 Å². The lowest BCUT2D eigenvalue weighted by atomic mass is 9.89. The molecule has 0 radical (unpaired) electrons. The predicted octanol–water partition coefficient (Wildman–Crippen LogP) is 2.49. The van der Waals surface area contributed by atoms with E-state index in [1.807, 2.05) is 4.90 Å². The number of nitrogens with zero attached hydrogens (tertiary/aromatic N) is 1. The Morgan fingerprint density at radius 3 is 2.67 bits per heavy atom. The Bertz CT molecular complexity index is 324. The molecule has 0 bridgehead atoms. The molecule has 2 atom stereocenters. The van der Waals surface area contributed by atoms with Gasteiger partial charge in [-0.1, -0.05) is 19.8 Å². The number of halogens is 3. The molecular weight excluding hydrogens is 285 g/mol. The van der Waals surface area contributed by atoms with Crippen LogP contribution in [0.3, 0.4) is 0 Å². The predicted molar refractivity (Wildman–Crippen MR) is 74.2 cm³/mol. The summed E-state index contributed by atoms with van der Waals surface area (Å²) >= 11 is 0. The minimum absolute atomic E-state index is 0.0342. The first-order chi connectivity index (χ1) is 9.80. The fourth-order valence-electron chi connectivity index (χ4n) is 2.85. The summed E-state index contributed by atoms with van der Waals surface area (Å²) in [6.45, 7) is 2.79. The van der Waals surface area contributed by atoms with Crippen molar-refractivity contribution in [1.82, 2.24) is 10.2 Å². The molecule has 0 amide bonds. The van der Waals surface area contributed by atoms with Crippen molar-refractivity contribution in [1.29, 1.82) is 0 Å². The maximum atomic E-state index is 12.3. The fraction of sp³-hybridized carbons (Fsp3) is 0.929. The second kappa shape index (κ2) is 8.58. The minimum atomic E-state index is -4.21. The maximum absolute atomic E-state index is 12.3. The summed E-state index contributed by atoms with van der Waals surface area (Å²) in [4.78, 5) is 12.6. The molecule has 1 rings (SSSR count). The number of nitrogens with one attached hydrogen (secondary N) is 1. The molecule has 7 heteroatoms. The van der Waals surface area contributed by atoms with Gasteiger partial charge in [0.1, 0.15) is 0 Å². The normalized spacial score (nSPS) is 24.2. The van der Waals surface area contributed by atoms with Gasteiger partial charge in [0, 0.05) is 25.7 Å². The average molecular weight is 310 g/mol. The van der Waals surface area contributed by atoms with Crippen LogP contribution in [0.25, 0.3) is 0 Å². The molecule has 0 saturated carbocycles. The van der Waals surface area contributed by atoms with E-state index in [0.717, 1.165) is 32.2 Å². The highest BCUT2D eigenvalue weighted by Crippen LogP contribution is 2.23. The van der Waals surface area contributed by atoms with Crippen LogP contribution in [0.1, 0.15) is 39.0 Å². The lowest BCUT2D eigenvalue weighted by Gasteiger charge is -2.38. The van der Waals surface area contributed by atoms with E-state index in [0.29, 0.717) is 19.0 Å². The van der Waals surface area contributed by atoms with Crippen molar-refractivity contribution in [3.8, 4) is 0 Å². The van der Waals surface area contributed by atoms with Crippen LogP contribution in [0.15, 0.2) is 0 Å². The van der Waals surface area contributed by atoms with E-state index in [-0.39, 0.29) is 12.5 Å². The summed E-state index contributed by atoms with van der Waals surface area (Å²) in [6, 6.07) is -0.212. The van der Waals surface area contributed by atoms with Gasteiger partial charge in [-0.2, -0.15) is 13.2 Å². The SMILES string of the molecule is CCCCC1CC(NCC(F)(F)F)CN(CCC(=O)O)C1. The van der Waals surface area contributed by atoms with Crippen LogP contribution in [0.4, 0.5) is 13.2 Å². The molecule has 124 valence electrons. The molecule has 4 nitrogen and oxygen atoms in total. The molecule has 0 aromatic rings. The summed E-state index contributed by atoms with van der Waals surface area (Å²) in [7, 11) is 0. The highest BCUT2D eigenvalue weighted by atomic mass is 19.4. The average Bonchev–Trinajstić information content (AvgIpc) is 2.40. The van der Waals surface area contributed by atoms with Crippen LogP contribution in [0.2, 0.25) is 0 Å². The maximum Gasteiger partial charge on any atom is 0.401 e. The molecule has 1 aliphatic heterocycles. The van der Waals surface area contributed by atoms with Gasteiger partial charge in [-0.25, -0.2) is 0 Å². The topological polar surface area (TPSA) is 52.6 Å². The molecule has 2 unspecified atom stereocenters. The molecule has 1 heterocycles. The molecule has 1 saturated heterocycles. The molecule has 0 aromatic heterocycles. The van der Waals surface area contributed by atoms with Crippen molar-refractivity contribution >= 4 is 5.97 Å². The van der Waals surface area contributed by atoms with E-state index >= 15 is 0 Å².